The first-order chi connectivity index (χ1) is 8.61. The molecule has 4 heteroatoms. The molecular formula is C14H26N4. The molecule has 0 aromatic heterocycles. The molecule has 0 aliphatic carbocycles. The van der Waals surface area contributed by atoms with E-state index in [9.17, 15) is 0 Å². The van der Waals surface area contributed by atoms with Crippen molar-refractivity contribution in [1.82, 2.24) is 9.80 Å². The van der Waals surface area contributed by atoms with Gasteiger partial charge in [0.1, 0.15) is 5.54 Å². The van der Waals surface area contributed by atoms with Crippen LogP contribution in [0.4, 0.5) is 0 Å². The van der Waals surface area contributed by atoms with Gasteiger partial charge >= 0.3 is 0 Å². The molecule has 2 aliphatic rings. The van der Waals surface area contributed by atoms with E-state index < -0.39 is 5.54 Å². The predicted molar refractivity (Wildman–Crippen MR) is 73.1 cm³/mol. The lowest BCUT2D eigenvalue weighted by Gasteiger charge is -2.32. The van der Waals surface area contributed by atoms with E-state index in [4.69, 9.17) is 11.0 Å². The standard InChI is InChI=1S/C14H26N4/c1-14(16,12-15)6-10-17-9-5-13(11-17)18-7-3-2-4-8-18/h13H,2-11,16H2,1H3. The fourth-order valence-corrected chi connectivity index (χ4v) is 3.04. The van der Waals surface area contributed by atoms with E-state index in [0.29, 0.717) is 0 Å². The summed E-state index contributed by atoms with van der Waals surface area (Å²) >= 11 is 0. The van der Waals surface area contributed by atoms with Gasteiger partial charge in [0.2, 0.25) is 0 Å². The van der Waals surface area contributed by atoms with Gasteiger partial charge in [0.05, 0.1) is 6.07 Å². The van der Waals surface area contributed by atoms with Gasteiger partial charge in [-0.2, -0.15) is 5.26 Å². The molecule has 2 heterocycles. The molecule has 0 spiro atoms. The fourth-order valence-electron chi connectivity index (χ4n) is 3.04. The van der Waals surface area contributed by atoms with Crippen molar-refractivity contribution in [1.29, 1.82) is 5.26 Å². The third-order valence-corrected chi connectivity index (χ3v) is 4.36. The van der Waals surface area contributed by atoms with Gasteiger partial charge in [-0.3, -0.25) is 4.90 Å². The van der Waals surface area contributed by atoms with Gasteiger partial charge < -0.3 is 10.6 Å². The van der Waals surface area contributed by atoms with Crippen LogP contribution in [0.5, 0.6) is 0 Å². The van der Waals surface area contributed by atoms with E-state index in [-0.39, 0.29) is 0 Å². The molecule has 2 rings (SSSR count). The summed E-state index contributed by atoms with van der Waals surface area (Å²) in [6.07, 6.45) is 6.20. The van der Waals surface area contributed by atoms with E-state index >= 15 is 0 Å². The molecule has 4 nitrogen and oxygen atoms in total. The number of rotatable bonds is 4. The zero-order valence-corrected chi connectivity index (χ0v) is 11.6. The second-order valence-corrected chi connectivity index (χ2v) is 6.12. The molecule has 0 aromatic rings. The lowest BCUT2D eigenvalue weighted by Crippen LogP contribution is -2.42. The smallest absolute Gasteiger partial charge is 0.102 e. The van der Waals surface area contributed by atoms with E-state index in [1.807, 2.05) is 6.92 Å². The molecule has 0 bridgehead atoms. The number of hydrogen-bond acceptors (Lipinski definition) is 4. The third kappa shape index (κ3) is 3.68. The molecular weight excluding hydrogens is 224 g/mol. The Balaban J connectivity index is 1.73. The van der Waals surface area contributed by atoms with Crippen LogP contribution in [-0.2, 0) is 0 Å². The van der Waals surface area contributed by atoms with Gasteiger partial charge in [-0.15, -0.1) is 0 Å². The highest BCUT2D eigenvalue weighted by Crippen LogP contribution is 2.20. The maximum absolute atomic E-state index is 8.92. The first-order valence-corrected chi connectivity index (χ1v) is 7.27. The molecule has 2 unspecified atom stereocenters. The summed E-state index contributed by atoms with van der Waals surface area (Å²) in [4.78, 5) is 5.14. The molecule has 2 N–H and O–H groups in total. The normalized spacial score (nSPS) is 29.9. The Morgan fingerprint density at radius 2 is 2.00 bits per heavy atom. The van der Waals surface area contributed by atoms with Crippen molar-refractivity contribution in [2.75, 3.05) is 32.7 Å². The minimum atomic E-state index is -0.663. The zero-order valence-electron chi connectivity index (χ0n) is 11.6. The van der Waals surface area contributed by atoms with Crippen LogP contribution in [0.25, 0.3) is 0 Å². The molecule has 2 atom stereocenters. The van der Waals surface area contributed by atoms with E-state index in [1.54, 1.807) is 0 Å². The number of hydrogen-bond donors (Lipinski definition) is 1. The summed E-state index contributed by atoms with van der Waals surface area (Å²) in [5.74, 6) is 0. The summed E-state index contributed by atoms with van der Waals surface area (Å²) in [5.41, 5.74) is 5.21. The van der Waals surface area contributed by atoms with Crippen LogP contribution in [-0.4, -0.2) is 54.1 Å². The van der Waals surface area contributed by atoms with Gasteiger partial charge in [-0.05, 0) is 52.2 Å². The third-order valence-electron chi connectivity index (χ3n) is 4.36. The summed E-state index contributed by atoms with van der Waals surface area (Å²) in [5, 5.41) is 8.92. The average molecular weight is 250 g/mol. The largest absolute Gasteiger partial charge is 0.314 e. The molecule has 0 saturated carbocycles. The van der Waals surface area contributed by atoms with Crippen molar-refractivity contribution in [2.24, 2.45) is 5.73 Å². The monoisotopic (exact) mass is 250 g/mol. The Morgan fingerprint density at radius 1 is 1.28 bits per heavy atom. The Hall–Kier alpha value is -0.630. The Kier molecular flexibility index (Phi) is 4.60. The fraction of sp³-hybridized carbons (Fsp3) is 0.929. The quantitative estimate of drug-likeness (QED) is 0.814. The number of nitrogens with two attached hydrogens (primary N) is 1. The van der Waals surface area contributed by atoms with Crippen molar-refractivity contribution in [3.63, 3.8) is 0 Å². The minimum Gasteiger partial charge on any atom is -0.314 e. The summed E-state index contributed by atoms with van der Waals surface area (Å²) < 4.78 is 0. The zero-order chi connectivity index (χ0) is 13.0. The maximum atomic E-state index is 8.92. The first kappa shape index (κ1) is 13.8. The molecule has 0 aromatic carbocycles. The number of piperidine rings is 1. The maximum Gasteiger partial charge on any atom is 0.102 e. The van der Waals surface area contributed by atoms with Gasteiger partial charge in [-0.25, -0.2) is 0 Å². The second-order valence-electron chi connectivity index (χ2n) is 6.12. The van der Waals surface area contributed by atoms with Crippen LogP contribution in [0.1, 0.15) is 39.0 Å². The highest BCUT2D eigenvalue weighted by atomic mass is 15.3. The van der Waals surface area contributed by atoms with Gasteiger partial charge in [0, 0.05) is 19.1 Å². The molecule has 2 saturated heterocycles. The van der Waals surface area contributed by atoms with Crippen LogP contribution in [0, 0.1) is 11.3 Å². The van der Waals surface area contributed by atoms with Crippen LogP contribution < -0.4 is 5.73 Å². The topological polar surface area (TPSA) is 56.3 Å². The van der Waals surface area contributed by atoms with Crippen molar-refractivity contribution < 1.29 is 0 Å². The van der Waals surface area contributed by atoms with Crippen LogP contribution in [0.3, 0.4) is 0 Å². The van der Waals surface area contributed by atoms with Crippen molar-refractivity contribution in [3.05, 3.63) is 0 Å². The highest BCUT2D eigenvalue weighted by Gasteiger charge is 2.29. The molecule has 102 valence electrons. The Bertz CT molecular complexity index is 301. The van der Waals surface area contributed by atoms with Crippen LogP contribution in [0.15, 0.2) is 0 Å². The van der Waals surface area contributed by atoms with Crippen LogP contribution >= 0.6 is 0 Å². The van der Waals surface area contributed by atoms with E-state index in [1.165, 1.54) is 51.9 Å². The van der Waals surface area contributed by atoms with E-state index in [2.05, 4.69) is 15.9 Å². The van der Waals surface area contributed by atoms with Gasteiger partial charge in [-0.1, -0.05) is 6.42 Å². The Morgan fingerprint density at radius 3 is 2.67 bits per heavy atom. The van der Waals surface area contributed by atoms with Gasteiger partial charge in [0.25, 0.3) is 0 Å². The Labute approximate surface area is 111 Å². The SMILES string of the molecule is CC(N)(C#N)CCN1CCC(N2CCCCC2)C1. The van der Waals surface area contributed by atoms with E-state index in [0.717, 1.165) is 19.0 Å². The lowest BCUT2D eigenvalue weighted by molar-refractivity contribution is 0.161. The number of likely N-dealkylation sites (tertiary alicyclic amines) is 2. The summed E-state index contributed by atoms with van der Waals surface area (Å²) in [7, 11) is 0. The van der Waals surface area contributed by atoms with Crippen molar-refractivity contribution in [3.8, 4) is 6.07 Å². The summed E-state index contributed by atoms with van der Waals surface area (Å²) in [6.45, 7) is 7.69. The van der Waals surface area contributed by atoms with Gasteiger partial charge in [0.15, 0.2) is 0 Å². The van der Waals surface area contributed by atoms with Crippen molar-refractivity contribution >= 4 is 0 Å². The average Bonchev–Trinajstić information content (AvgIpc) is 2.86. The first-order valence-electron chi connectivity index (χ1n) is 7.27. The molecule has 0 radical (unpaired) electrons. The number of nitriles is 1. The minimum absolute atomic E-state index is 0.663. The predicted octanol–water partition coefficient (Wildman–Crippen LogP) is 1.18. The number of nitrogens with zero attached hydrogens (tertiary/aromatic N) is 3. The lowest BCUT2D eigenvalue weighted by atomic mass is 10.0. The molecule has 18 heavy (non-hydrogen) atoms. The molecule has 2 fully saturated rings. The van der Waals surface area contributed by atoms with Crippen molar-refractivity contribution in [2.45, 2.75) is 50.6 Å². The van der Waals surface area contributed by atoms with Crippen LogP contribution in [0.2, 0.25) is 0 Å². The summed E-state index contributed by atoms with van der Waals surface area (Å²) in [6, 6.07) is 2.93. The molecule has 2 aliphatic heterocycles. The highest BCUT2D eigenvalue weighted by molar-refractivity contribution is 5.01. The second kappa shape index (κ2) is 6.01. The molecule has 0 amide bonds.